The van der Waals surface area contributed by atoms with E-state index in [-0.39, 0.29) is 6.09 Å². The maximum Gasteiger partial charge on any atom is 0.407 e. The molecule has 0 saturated carbocycles. The quantitative estimate of drug-likeness (QED) is 0.601. The van der Waals surface area contributed by atoms with Gasteiger partial charge < -0.3 is 24.7 Å². The lowest BCUT2D eigenvalue weighted by Crippen LogP contribution is -2.26. The van der Waals surface area contributed by atoms with Crippen LogP contribution in [-0.2, 0) is 11.2 Å². The summed E-state index contributed by atoms with van der Waals surface area (Å²) in [7, 11) is 5.83. The van der Waals surface area contributed by atoms with Crippen LogP contribution in [-0.4, -0.2) is 56.9 Å². The second-order valence-electron chi connectivity index (χ2n) is 6.76. The minimum Gasteiger partial charge on any atom is -0.497 e. The minimum atomic E-state index is -0.337. The lowest BCUT2D eigenvalue weighted by Gasteiger charge is -2.09. The Hall–Kier alpha value is -2.21. The van der Waals surface area contributed by atoms with Crippen LogP contribution in [0.5, 0.6) is 5.75 Å². The molecule has 0 aliphatic rings. The number of aromatic nitrogens is 1. The fraction of sp³-hybridized carbons (Fsp3) is 0.550. The molecule has 0 unspecified atom stereocenters. The average Bonchev–Trinajstić information content (AvgIpc) is 3.03. The highest BCUT2D eigenvalue weighted by Gasteiger charge is 2.07. The number of rotatable bonds is 11. The first kappa shape index (κ1) is 20.1. The molecule has 26 heavy (non-hydrogen) atoms. The summed E-state index contributed by atoms with van der Waals surface area (Å²) in [6.07, 6.45) is 6.76. The van der Waals surface area contributed by atoms with E-state index in [0.29, 0.717) is 13.2 Å². The average molecular weight is 361 g/mol. The summed E-state index contributed by atoms with van der Waals surface area (Å²) in [5.74, 6) is 0.830. The zero-order valence-electron chi connectivity index (χ0n) is 16.1. The van der Waals surface area contributed by atoms with Crippen LogP contribution in [0.25, 0.3) is 10.9 Å². The highest BCUT2D eigenvalue weighted by molar-refractivity contribution is 5.84. The van der Waals surface area contributed by atoms with Crippen molar-refractivity contribution in [3.8, 4) is 5.75 Å². The van der Waals surface area contributed by atoms with Gasteiger partial charge in [0.05, 0.1) is 13.7 Å². The number of aromatic amines is 1. The molecule has 0 spiro atoms. The van der Waals surface area contributed by atoms with Gasteiger partial charge >= 0.3 is 6.09 Å². The number of nitrogens with one attached hydrogen (secondary N) is 2. The zero-order valence-corrected chi connectivity index (χ0v) is 16.1. The van der Waals surface area contributed by atoms with Crippen molar-refractivity contribution in [2.45, 2.75) is 32.1 Å². The Bertz CT molecular complexity index is 682. The molecule has 2 rings (SSSR count). The number of amides is 1. The van der Waals surface area contributed by atoms with Gasteiger partial charge in [-0.2, -0.15) is 0 Å². The second kappa shape index (κ2) is 10.7. The fourth-order valence-electron chi connectivity index (χ4n) is 2.89. The fourth-order valence-corrected chi connectivity index (χ4v) is 2.89. The van der Waals surface area contributed by atoms with Crippen molar-refractivity contribution < 1.29 is 14.3 Å². The third-order valence-electron chi connectivity index (χ3n) is 4.37. The largest absolute Gasteiger partial charge is 0.497 e. The van der Waals surface area contributed by atoms with Crippen LogP contribution in [0.4, 0.5) is 4.79 Å². The van der Waals surface area contributed by atoms with E-state index in [1.165, 1.54) is 12.8 Å². The predicted molar refractivity (Wildman–Crippen MR) is 105 cm³/mol. The molecule has 0 aliphatic carbocycles. The molecule has 1 heterocycles. The Labute approximate surface area is 155 Å². The van der Waals surface area contributed by atoms with Gasteiger partial charge in [0, 0.05) is 23.6 Å². The number of methoxy groups -OCH3 is 1. The molecule has 2 aromatic rings. The van der Waals surface area contributed by atoms with Crippen molar-refractivity contribution in [2.24, 2.45) is 0 Å². The van der Waals surface area contributed by atoms with Crippen molar-refractivity contribution in [3.05, 3.63) is 30.0 Å². The SMILES string of the molecule is COc1ccc2[nH]cc(CCNC(=O)OCCCCCCN(C)C)c2c1. The molecule has 6 nitrogen and oxygen atoms in total. The van der Waals surface area contributed by atoms with Crippen LogP contribution < -0.4 is 10.1 Å². The predicted octanol–water partition coefficient (Wildman–Crippen LogP) is 3.57. The summed E-state index contributed by atoms with van der Waals surface area (Å²) in [4.78, 5) is 17.2. The van der Waals surface area contributed by atoms with Crippen LogP contribution in [0.2, 0.25) is 0 Å². The van der Waals surface area contributed by atoms with Crippen LogP contribution in [0, 0.1) is 0 Å². The monoisotopic (exact) mass is 361 g/mol. The Balaban J connectivity index is 1.61. The number of alkyl carbamates (subject to hydrolysis) is 1. The number of hydrogen-bond acceptors (Lipinski definition) is 4. The van der Waals surface area contributed by atoms with Crippen LogP contribution >= 0.6 is 0 Å². The molecule has 6 heteroatoms. The summed E-state index contributed by atoms with van der Waals surface area (Å²) < 4.78 is 10.5. The standard InChI is InChI=1S/C20H31N3O3/c1-23(2)12-6-4-5-7-13-26-20(24)21-11-10-16-15-22-19-9-8-17(25-3)14-18(16)19/h8-9,14-15,22H,4-7,10-13H2,1-3H3,(H,21,24). The van der Waals surface area contributed by atoms with Crippen molar-refractivity contribution in [3.63, 3.8) is 0 Å². The van der Waals surface area contributed by atoms with Gasteiger partial charge in [-0.3, -0.25) is 0 Å². The van der Waals surface area contributed by atoms with Crippen molar-refractivity contribution in [1.29, 1.82) is 0 Å². The number of fused-ring (bicyclic) bond motifs is 1. The molecule has 0 aliphatic heterocycles. The third kappa shape index (κ3) is 6.59. The summed E-state index contributed by atoms with van der Waals surface area (Å²) >= 11 is 0. The highest BCUT2D eigenvalue weighted by Crippen LogP contribution is 2.23. The Morgan fingerprint density at radius 1 is 1.19 bits per heavy atom. The summed E-state index contributed by atoms with van der Waals surface area (Å²) in [6, 6.07) is 5.94. The molecular weight excluding hydrogens is 330 g/mol. The number of H-pyrrole nitrogens is 1. The van der Waals surface area contributed by atoms with Gasteiger partial charge in [-0.15, -0.1) is 0 Å². The normalized spacial score (nSPS) is 11.1. The van der Waals surface area contributed by atoms with E-state index in [0.717, 1.165) is 48.0 Å². The first-order valence-electron chi connectivity index (χ1n) is 9.29. The molecule has 0 atom stereocenters. The van der Waals surface area contributed by atoms with E-state index in [9.17, 15) is 4.79 Å². The molecule has 0 bridgehead atoms. The Morgan fingerprint density at radius 2 is 2.00 bits per heavy atom. The van der Waals surface area contributed by atoms with Gasteiger partial charge in [0.2, 0.25) is 0 Å². The van der Waals surface area contributed by atoms with Gasteiger partial charge in [0.15, 0.2) is 0 Å². The van der Waals surface area contributed by atoms with Gasteiger partial charge in [0.25, 0.3) is 0 Å². The van der Waals surface area contributed by atoms with Crippen molar-refractivity contribution >= 4 is 17.0 Å². The van der Waals surface area contributed by atoms with Crippen LogP contribution in [0.3, 0.4) is 0 Å². The van der Waals surface area contributed by atoms with Gasteiger partial charge in [-0.25, -0.2) is 4.79 Å². The number of nitrogens with zero attached hydrogens (tertiary/aromatic N) is 1. The van der Waals surface area contributed by atoms with Crippen molar-refractivity contribution in [1.82, 2.24) is 15.2 Å². The zero-order chi connectivity index (χ0) is 18.8. The topological polar surface area (TPSA) is 66.6 Å². The van der Waals surface area contributed by atoms with Crippen LogP contribution in [0.15, 0.2) is 24.4 Å². The molecule has 1 aromatic carbocycles. The molecule has 0 fully saturated rings. The molecule has 0 radical (unpaired) electrons. The van der Waals surface area contributed by atoms with E-state index in [4.69, 9.17) is 9.47 Å². The van der Waals surface area contributed by atoms with Gasteiger partial charge in [-0.1, -0.05) is 12.8 Å². The molecule has 1 aromatic heterocycles. The number of hydrogen-bond donors (Lipinski definition) is 2. The summed E-state index contributed by atoms with van der Waals surface area (Å²) in [6.45, 7) is 2.14. The lowest BCUT2D eigenvalue weighted by atomic mass is 10.1. The first-order chi connectivity index (χ1) is 12.6. The molecule has 144 valence electrons. The highest BCUT2D eigenvalue weighted by atomic mass is 16.5. The minimum absolute atomic E-state index is 0.337. The first-order valence-corrected chi connectivity index (χ1v) is 9.29. The maximum atomic E-state index is 11.7. The number of benzene rings is 1. The van der Waals surface area contributed by atoms with Gasteiger partial charge in [0.1, 0.15) is 5.75 Å². The second-order valence-corrected chi connectivity index (χ2v) is 6.76. The van der Waals surface area contributed by atoms with E-state index < -0.39 is 0 Å². The van der Waals surface area contributed by atoms with Gasteiger partial charge in [-0.05, 0) is 63.7 Å². The summed E-state index contributed by atoms with van der Waals surface area (Å²) in [5.41, 5.74) is 2.22. The van der Waals surface area contributed by atoms with E-state index in [2.05, 4.69) is 29.3 Å². The number of ether oxygens (including phenoxy) is 2. The number of carbonyl (C=O) groups excluding carboxylic acids is 1. The maximum absolute atomic E-state index is 11.7. The van der Waals surface area contributed by atoms with E-state index >= 15 is 0 Å². The van der Waals surface area contributed by atoms with E-state index in [1.807, 2.05) is 24.4 Å². The molecule has 2 N–H and O–H groups in total. The third-order valence-corrected chi connectivity index (χ3v) is 4.37. The molecule has 0 saturated heterocycles. The van der Waals surface area contributed by atoms with Crippen molar-refractivity contribution in [2.75, 3.05) is 40.9 Å². The smallest absolute Gasteiger partial charge is 0.407 e. The number of carbonyl (C=O) groups is 1. The Kier molecular flexibility index (Phi) is 8.28. The summed E-state index contributed by atoms with van der Waals surface area (Å²) in [5, 5.41) is 3.94. The van der Waals surface area contributed by atoms with Crippen LogP contribution in [0.1, 0.15) is 31.2 Å². The Morgan fingerprint density at radius 3 is 2.77 bits per heavy atom. The number of unbranched alkanes of at least 4 members (excludes halogenated alkanes) is 3. The molecule has 1 amide bonds. The van der Waals surface area contributed by atoms with E-state index in [1.54, 1.807) is 7.11 Å². The molecular formula is C20H31N3O3. The lowest BCUT2D eigenvalue weighted by molar-refractivity contribution is 0.144.